The summed E-state index contributed by atoms with van der Waals surface area (Å²) in [5.41, 5.74) is 1.29. The predicted molar refractivity (Wildman–Crippen MR) is 119 cm³/mol. The van der Waals surface area contributed by atoms with Crippen LogP contribution in [0.5, 0.6) is 0 Å². The van der Waals surface area contributed by atoms with Crippen molar-refractivity contribution < 1.29 is 24.2 Å². The number of halogens is 2. The van der Waals surface area contributed by atoms with E-state index in [1.54, 1.807) is 33.8 Å². The van der Waals surface area contributed by atoms with Crippen LogP contribution in [0.4, 0.5) is 16.2 Å². The van der Waals surface area contributed by atoms with E-state index in [-0.39, 0.29) is 0 Å². The molecule has 3 N–H and O–H groups in total. The summed E-state index contributed by atoms with van der Waals surface area (Å²) in [6.45, 7) is 7.96. The lowest BCUT2D eigenvalue weighted by Crippen LogP contribution is -2.47. The van der Waals surface area contributed by atoms with Gasteiger partial charge in [-0.1, -0.05) is 6.07 Å². The van der Waals surface area contributed by atoms with E-state index in [2.05, 4.69) is 10.6 Å². The van der Waals surface area contributed by atoms with Crippen LogP contribution < -0.4 is 15.5 Å². The number of alkyl carbamates (subject to hydrolysis) is 1. The highest BCUT2D eigenvalue weighted by Gasteiger charge is 2.27. The molecular formula is C20H29Cl2N3O5. The fraction of sp³-hybridized carbons (Fsp3) is 0.550. The third-order valence-electron chi connectivity index (χ3n) is 3.94. The Balaban J connectivity index is 3.03. The molecule has 0 aliphatic rings. The molecule has 2 amide bonds. The van der Waals surface area contributed by atoms with E-state index in [0.717, 1.165) is 11.3 Å². The Bertz CT molecular complexity index is 746. The molecule has 30 heavy (non-hydrogen) atoms. The molecule has 0 fully saturated rings. The van der Waals surface area contributed by atoms with Gasteiger partial charge in [0.25, 0.3) is 0 Å². The Morgan fingerprint density at radius 3 is 2.27 bits per heavy atom. The molecule has 8 nitrogen and oxygen atoms in total. The number of carbonyl (C=O) groups excluding carboxylic acids is 2. The standard InChI is InChI=1S/C20H29Cl2N3O5/c1-13-5-6-14(25(9-7-21)10-8-22)11-15(13)23-18(28)16(12-17(26)27)24-19(29)30-20(2,3)4/h5-6,11,16H,7-10,12H2,1-4H3,(H,23,28)(H,24,29)(H,26,27)/t16-/m1/s1. The second kappa shape index (κ2) is 11.9. The number of carboxylic acid groups (broad SMARTS) is 1. The van der Waals surface area contributed by atoms with E-state index in [1.165, 1.54) is 0 Å². The summed E-state index contributed by atoms with van der Waals surface area (Å²) in [4.78, 5) is 37.9. The van der Waals surface area contributed by atoms with Gasteiger partial charge in [-0.2, -0.15) is 0 Å². The van der Waals surface area contributed by atoms with Crippen molar-refractivity contribution in [1.82, 2.24) is 5.32 Å². The second-order valence-electron chi connectivity index (χ2n) is 7.65. The number of aryl methyl sites for hydroxylation is 1. The largest absolute Gasteiger partial charge is 0.481 e. The molecule has 168 valence electrons. The molecular weight excluding hydrogens is 433 g/mol. The van der Waals surface area contributed by atoms with Crippen LogP contribution in [-0.2, 0) is 14.3 Å². The molecule has 0 aliphatic carbocycles. The zero-order chi connectivity index (χ0) is 22.9. The lowest BCUT2D eigenvalue weighted by molar-refractivity contribution is -0.139. The zero-order valence-electron chi connectivity index (χ0n) is 17.6. The van der Waals surface area contributed by atoms with Gasteiger partial charge in [-0.25, -0.2) is 4.79 Å². The average molecular weight is 462 g/mol. The highest BCUT2D eigenvalue weighted by atomic mass is 35.5. The number of nitrogens with zero attached hydrogens (tertiary/aromatic N) is 1. The van der Waals surface area contributed by atoms with Gasteiger partial charge in [-0.05, 0) is 45.4 Å². The number of benzene rings is 1. The molecule has 0 saturated heterocycles. The predicted octanol–water partition coefficient (Wildman–Crippen LogP) is 3.59. The van der Waals surface area contributed by atoms with Gasteiger partial charge in [-0.15, -0.1) is 23.2 Å². The van der Waals surface area contributed by atoms with Gasteiger partial charge < -0.3 is 25.4 Å². The van der Waals surface area contributed by atoms with Crippen LogP contribution in [0.1, 0.15) is 32.8 Å². The minimum absolute atomic E-state index is 0.410. The maximum absolute atomic E-state index is 12.7. The summed E-state index contributed by atoms with van der Waals surface area (Å²) in [6, 6.07) is 4.17. The van der Waals surface area contributed by atoms with Crippen molar-refractivity contribution in [2.45, 2.75) is 45.8 Å². The third-order valence-corrected chi connectivity index (χ3v) is 4.28. The van der Waals surface area contributed by atoms with Crippen LogP contribution in [0.25, 0.3) is 0 Å². The number of amides is 2. The first-order valence-corrected chi connectivity index (χ1v) is 10.5. The molecule has 0 aliphatic heterocycles. The quantitative estimate of drug-likeness (QED) is 0.459. The van der Waals surface area contributed by atoms with Gasteiger partial charge >= 0.3 is 12.1 Å². The van der Waals surface area contributed by atoms with Gasteiger partial charge in [-0.3, -0.25) is 9.59 Å². The van der Waals surface area contributed by atoms with Crippen LogP contribution in [-0.4, -0.2) is 59.6 Å². The Labute approximate surface area is 186 Å². The summed E-state index contributed by atoms with van der Waals surface area (Å²) >= 11 is 11.7. The van der Waals surface area contributed by atoms with Crippen LogP contribution in [0.2, 0.25) is 0 Å². The highest BCUT2D eigenvalue weighted by Crippen LogP contribution is 2.24. The molecule has 1 atom stereocenters. The Hall–Kier alpha value is -2.19. The monoisotopic (exact) mass is 461 g/mol. The smallest absolute Gasteiger partial charge is 0.408 e. The van der Waals surface area contributed by atoms with Gasteiger partial charge in [0.2, 0.25) is 5.91 Å². The minimum atomic E-state index is -1.30. The normalized spacial score (nSPS) is 12.1. The minimum Gasteiger partial charge on any atom is -0.481 e. The van der Waals surface area contributed by atoms with E-state index >= 15 is 0 Å². The molecule has 1 rings (SSSR count). The van der Waals surface area contributed by atoms with Crippen molar-refractivity contribution in [1.29, 1.82) is 0 Å². The number of aliphatic carboxylic acids is 1. The van der Waals surface area contributed by atoms with Crippen LogP contribution in [0, 0.1) is 6.92 Å². The second-order valence-corrected chi connectivity index (χ2v) is 8.41. The Kier molecular flexibility index (Phi) is 10.2. The molecule has 0 saturated carbocycles. The molecule has 0 aromatic heterocycles. The number of ether oxygens (including phenoxy) is 1. The van der Waals surface area contributed by atoms with Crippen molar-refractivity contribution in [2.75, 3.05) is 35.1 Å². The fourth-order valence-corrected chi connectivity index (χ4v) is 2.98. The Morgan fingerprint density at radius 1 is 1.17 bits per heavy atom. The van der Waals surface area contributed by atoms with Crippen molar-refractivity contribution in [2.24, 2.45) is 0 Å². The lowest BCUT2D eigenvalue weighted by Gasteiger charge is -2.25. The van der Waals surface area contributed by atoms with E-state index < -0.39 is 36.0 Å². The maximum Gasteiger partial charge on any atom is 0.408 e. The summed E-state index contributed by atoms with van der Waals surface area (Å²) < 4.78 is 5.12. The van der Waals surface area contributed by atoms with Crippen molar-refractivity contribution in [3.63, 3.8) is 0 Å². The van der Waals surface area contributed by atoms with Gasteiger partial charge in [0, 0.05) is 36.2 Å². The molecule has 0 heterocycles. The first-order valence-electron chi connectivity index (χ1n) is 9.46. The van der Waals surface area contributed by atoms with E-state index in [1.807, 2.05) is 17.0 Å². The molecule has 10 heteroatoms. The maximum atomic E-state index is 12.7. The first kappa shape index (κ1) is 25.8. The molecule has 1 aromatic rings. The van der Waals surface area contributed by atoms with E-state index in [9.17, 15) is 14.4 Å². The highest BCUT2D eigenvalue weighted by molar-refractivity contribution is 6.18. The topological polar surface area (TPSA) is 108 Å². The molecule has 0 unspecified atom stereocenters. The number of rotatable bonds is 10. The van der Waals surface area contributed by atoms with E-state index in [4.69, 9.17) is 33.0 Å². The van der Waals surface area contributed by atoms with Crippen molar-refractivity contribution in [3.8, 4) is 0 Å². The van der Waals surface area contributed by atoms with Crippen LogP contribution in [0.3, 0.4) is 0 Å². The summed E-state index contributed by atoms with van der Waals surface area (Å²) in [5.74, 6) is -1.07. The number of alkyl halides is 2. The lowest BCUT2D eigenvalue weighted by atomic mass is 10.1. The third kappa shape index (κ3) is 9.09. The zero-order valence-corrected chi connectivity index (χ0v) is 19.1. The Morgan fingerprint density at radius 2 is 1.77 bits per heavy atom. The summed E-state index contributed by atoms with van der Waals surface area (Å²) in [5, 5.41) is 14.2. The number of hydrogen-bond donors (Lipinski definition) is 3. The molecule has 0 spiro atoms. The number of carboxylic acids is 1. The van der Waals surface area contributed by atoms with Crippen LogP contribution in [0.15, 0.2) is 18.2 Å². The number of carbonyl (C=O) groups is 3. The van der Waals surface area contributed by atoms with Crippen molar-refractivity contribution >= 4 is 52.5 Å². The number of hydrogen-bond acceptors (Lipinski definition) is 5. The molecule has 1 aromatic carbocycles. The van der Waals surface area contributed by atoms with Gasteiger partial charge in [0.05, 0.1) is 6.42 Å². The fourth-order valence-electron chi connectivity index (χ4n) is 2.57. The van der Waals surface area contributed by atoms with Crippen molar-refractivity contribution in [3.05, 3.63) is 23.8 Å². The van der Waals surface area contributed by atoms with Gasteiger partial charge in [0.15, 0.2) is 0 Å². The SMILES string of the molecule is Cc1ccc(N(CCCl)CCCl)cc1NC(=O)[C@@H](CC(=O)O)NC(=O)OC(C)(C)C. The number of nitrogens with one attached hydrogen (secondary N) is 2. The molecule has 0 bridgehead atoms. The molecule has 0 radical (unpaired) electrons. The average Bonchev–Trinajstić information content (AvgIpc) is 2.61. The van der Waals surface area contributed by atoms with Crippen LogP contribution >= 0.6 is 23.2 Å². The first-order chi connectivity index (χ1) is 14.0. The summed E-state index contributed by atoms with van der Waals surface area (Å²) in [7, 11) is 0. The van der Waals surface area contributed by atoms with Gasteiger partial charge in [0.1, 0.15) is 11.6 Å². The summed E-state index contributed by atoms with van der Waals surface area (Å²) in [6.07, 6.45) is -1.46. The number of anilines is 2. The van der Waals surface area contributed by atoms with E-state index in [0.29, 0.717) is 30.5 Å².